The molecule has 1 amide bonds. The van der Waals surface area contributed by atoms with Crippen LogP contribution < -0.4 is 10.1 Å². The Morgan fingerprint density at radius 2 is 1.74 bits per heavy atom. The number of hydrogen-bond donors (Lipinski definition) is 1. The van der Waals surface area contributed by atoms with Gasteiger partial charge in [0.05, 0.1) is 25.3 Å². The molecule has 2 aromatic rings. The summed E-state index contributed by atoms with van der Waals surface area (Å²) in [7, 11) is 0. The van der Waals surface area contributed by atoms with E-state index in [0.29, 0.717) is 6.61 Å². The van der Waals surface area contributed by atoms with Crippen molar-refractivity contribution in [3.05, 3.63) is 60.2 Å². The van der Waals surface area contributed by atoms with Crippen LogP contribution in [0.25, 0.3) is 0 Å². The molecule has 0 saturated heterocycles. The second-order valence-corrected chi connectivity index (χ2v) is 4.71. The molecule has 23 heavy (non-hydrogen) atoms. The van der Waals surface area contributed by atoms with Gasteiger partial charge < -0.3 is 14.8 Å². The van der Waals surface area contributed by atoms with E-state index in [0.717, 1.165) is 5.56 Å². The van der Waals surface area contributed by atoms with Crippen molar-refractivity contribution < 1.29 is 23.0 Å². The summed E-state index contributed by atoms with van der Waals surface area (Å²) >= 11 is 0. The lowest BCUT2D eigenvalue weighted by molar-refractivity contribution is -0.117. The minimum absolute atomic E-state index is 0.0685. The first-order valence-electron chi connectivity index (χ1n) is 7.10. The molecule has 122 valence electrons. The van der Waals surface area contributed by atoms with Gasteiger partial charge in [-0.1, -0.05) is 42.5 Å². The molecule has 2 rings (SSSR count). The van der Waals surface area contributed by atoms with Crippen LogP contribution in [0.5, 0.6) is 5.75 Å². The van der Waals surface area contributed by atoms with E-state index in [1.54, 1.807) is 12.1 Å². The Kier molecular flexibility index (Phi) is 6.50. The van der Waals surface area contributed by atoms with Crippen LogP contribution in [0.4, 0.5) is 14.5 Å². The molecule has 0 aliphatic carbocycles. The van der Waals surface area contributed by atoms with Crippen LogP contribution in [0.2, 0.25) is 0 Å². The number of ether oxygens (including phenoxy) is 2. The van der Waals surface area contributed by atoms with Gasteiger partial charge in [0.2, 0.25) is 5.91 Å². The minimum atomic E-state index is -2.94. The Morgan fingerprint density at radius 1 is 1.04 bits per heavy atom. The second-order valence-electron chi connectivity index (χ2n) is 4.71. The van der Waals surface area contributed by atoms with E-state index in [1.165, 1.54) is 12.1 Å². The van der Waals surface area contributed by atoms with Gasteiger partial charge in [-0.15, -0.1) is 0 Å². The van der Waals surface area contributed by atoms with Gasteiger partial charge in [0.15, 0.2) is 0 Å². The van der Waals surface area contributed by atoms with Crippen LogP contribution in [0.15, 0.2) is 54.6 Å². The fourth-order valence-electron chi connectivity index (χ4n) is 1.91. The Hall–Kier alpha value is -2.47. The van der Waals surface area contributed by atoms with Gasteiger partial charge in [-0.05, 0) is 17.7 Å². The predicted molar refractivity (Wildman–Crippen MR) is 82.4 cm³/mol. The zero-order chi connectivity index (χ0) is 16.5. The standard InChI is InChI=1S/C17H17F2NO3/c18-17(19)23-15-9-5-4-8-14(15)20-16(21)10-11-22-12-13-6-2-1-3-7-13/h1-9,17H,10-12H2,(H,20,21). The number of alkyl halides is 2. The summed E-state index contributed by atoms with van der Waals surface area (Å²) in [5, 5.41) is 2.54. The number of rotatable bonds is 8. The first-order chi connectivity index (χ1) is 11.1. The SMILES string of the molecule is O=C(CCOCc1ccccc1)Nc1ccccc1OC(F)F. The van der Waals surface area contributed by atoms with E-state index in [9.17, 15) is 13.6 Å². The van der Waals surface area contributed by atoms with Gasteiger partial charge in [0.1, 0.15) is 5.75 Å². The third-order valence-corrected chi connectivity index (χ3v) is 2.96. The van der Waals surface area contributed by atoms with Crippen molar-refractivity contribution in [2.24, 2.45) is 0 Å². The molecule has 0 saturated carbocycles. The summed E-state index contributed by atoms with van der Waals surface area (Å²) in [5.74, 6) is -0.399. The van der Waals surface area contributed by atoms with Crippen LogP contribution in [0.3, 0.4) is 0 Å². The Bertz CT molecular complexity index is 620. The van der Waals surface area contributed by atoms with Crippen molar-refractivity contribution in [3.8, 4) is 5.75 Å². The van der Waals surface area contributed by atoms with Crippen molar-refractivity contribution in [2.45, 2.75) is 19.6 Å². The Morgan fingerprint density at radius 3 is 2.48 bits per heavy atom. The van der Waals surface area contributed by atoms with Crippen LogP contribution in [-0.2, 0) is 16.1 Å². The maximum atomic E-state index is 12.3. The maximum Gasteiger partial charge on any atom is 0.387 e. The van der Waals surface area contributed by atoms with Crippen LogP contribution >= 0.6 is 0 Å². The van der Waals surface area contributed by atoms with Crippen LogP contribution in [-0.4, -0.2) is 19.1 Å². The van der Waals surface area contributed by atoms with E-state index in [4.69, 9.17) is 4.74 Å². The van der Waals surface area contributed by atoms with Gasteiger partial charge in [-0.25, -0.2) is 0 Å². The van der Waals surface area contributed by atoms with Gasteiger partial charge in [-0.2, -0.15) is 8.78 Å². The van der Waals surface area contributed by atoms with Crippen LogP contribution in [0, 0.1) is 0 Å². The lowest BCUT2D eigenvalue weighted by Crippen LogP contribution is -2.15. The number of hydrogen-bond acceptors (Lipinski definition) is 3. The fraction of sp³-hybridized carbons (Fsp3) is 0.235. The van der Waals surface area contributed by atoms with Gasteiger partial charge in [-0.3, -0.25) is 4.79 Å². The quantitative estimate of drug-likeness (QED) is 0.752. The topological polar surface area (TPSA) is 47.6 Å². The smallest absolute Gasteiger partial charge is 0.387 e. The highest BCUT2D eigenvalue weighted by Crippen LogP contribution is 2.25. The van der Waals surface area contributed by atoms with Crippen molar-refractivity contribution in [1.29, 1.82) is 0 Å². The number of benzene rings is 2. The average Bonchev–Trinajstić information content (AvgIpc) is 2.54. The Balaban J connectivity index is 1.76. The van der Waals surface area contributed by atoms with Gasteiger partial charge in [0, 0.05) is 0 Å². The zero-order valence-electron chi connectivity index (χ0n) is 12.4. The molecule has 0 bridgehead atoms. The summed E-state index contributed by atoms with van der Waals surface area (Å²) in [6.45, 7) is -2.29. The molecule has 6 heteroatoms. The summed E-state index contributed by atoms with van der Waals surface area (Å²) in [4.78, 5) is 11.8. The summed E-state index contributed by atoms with van der Waals surface area (Å²) in [5.41, 5.74) is 1.23. The third-order valence-electron chi connectivity index (χ3n) is 2.96. The predicted octanol–water partition coefficient (Wildman–Crippen LogP) is 3.83. The van der Waals surface area contributed by atoms with Crippen LogP contribution in [0.1, 0.15) is 12.0 Å². The zero-order valence-corrected chi connectivity index (χ0v) is 12.4. The normalized spacial score (nSPS) is 10.6. The molecule has 4 nitrogen and oxygen atoms in total. The highest BCUT2D eigenvalue weighted by Gasteiger charge is 2.11. The number of para-hydroxylation sites is 2. The van der Waals surface area contributed by atoms with Gasteiger partial charge in [0.25, 0.3) is 0 Å². The monoisotopic (exact) mass is 321 g/mol. The molecule has 0 unspecified atom stereocenters. The number of nitrogens with one attached hydrogen (secondary N) is 1. The molecule has 0 spiro atoms. The van der Waals surface area contributed by atoms with E-state index in [-0.39, 0.29) is 30.4 Å². The fourth-order valence-corrected chi connectivity index (χ4v) is 1.91. The van der Waals surface area contributed by atoms with E-state index in [1.807, 2.05) is 30.3 Å². The molecule has 0 fully saturated rings. The molecule has 0 aromatic heterocycles. The molecule has 0 atom stereocenters. The molecule has 1 N–H and O–H groups in total. The molecule has 0 aliphatic rings. The number of anilines is 1. The van der Waals surface area contributed by atoms with Crippen molar-refractivity contribution in [2.75, 3.05) is 11.9 Å². The molecular weight excluding hydrogens is 304 g/mol. The summed E-state index contributed by atoms with van der Waals surface area (Å²) in [6.07, 6.45) is 0.121. The number of halogens is 2. The average molecular weight is 321 g/mol. The Labute approximate surface area is 133 Å². The second kappa shape index (κ2) is 8.85. The molecule has 0 heterocycles. The third kappa shape index (κ3) is 6.04. The maximum absolute atomic E-state index is 12.3. The number of carbonyl (C=O) groups is 1. The van der Waals surface area contributed by atoms with Crippen molar-refractivity contribution >= 4 is 11.6 Å². The molecule has 0 radical (unpaired) electrons. The first-order valence-corrected chi connectivity index (χ1v) is 7.10. The lowest BCUT2D eigenvalue weighted by atomic mass is 10.2. The van der Waals surface area contributed by atoms with E-state index >= 15 is 0 Å². The van der Waals surface area contributed by atoms with Crippen molar-refractivity contribution in [1.82, 2.24) is 0 Å². The molecule has 2 aromatic carbocycles. The first kappa shape index (κ1) is 16.9. The minimum Gasteiger partial charge on any atom is -0.433 e. The van der Waals surface area contributed by atoms with E-state index < -0.39 is 6.61 Å². The largest absolute Gasteiger partial charge is 0.433 e. The number of carbonyl (C=O) groups excluding carboxylic acids is 1. The highest BCUT2D eigenvalue weighted by molar-refractivity contribution is 5.92. The highest BCUT2D eigenvalue weighted by atomic mass is 19.3. The van der Waals surface area contributed by atoms with Crippen molar-refractivity contribution in [3.63, 3.8) is 0 Å². The molecular formula is C17H17F2NO3. The molecule has 0 aliphatic heterocycles. The van der Waals surface area contributed by atoms with Gasteiger partial charge >= 0.3 is 6.61 Å². The van der Waals surface area contributed by atoms with E-state index in [2.05, 4.69) is 10.1 Å². The lowest BCUT2D eigenvalue weighted by Gasteiger charge is -2.11. The summed E-state index contributed by atoms with van der Waals surface area (Å²) in [6, 6.07) is 15.6. The summed E-state index contributed by atoms with van der Waals surface area (Å²) < 4.78 is 34.3. The number of amides is 1.